The molecule has 0 saturated carbocycles. The third-order valence-corrected chi connectivity index (χ3v) is 5.40. The highest BCUT2D eigenvalue weighted by atomic mass is 79.9. The lowest BCUT2D eigenvalue weighted by Gasteiger charge is -2.08. The maximum absolute atomic E-state index is 12.3. The predicted molar refractivity (Wildman–Crippen MR) is 114 cm³/mol. The minimum absolute atomic E-state index is 0.234. The molecule has 1 amide bonds. The van der Waals surface area contributed by atoms with Gasteiger partial charge < -0.3 is 14.8 Å². The number of carbonyl (C=O) groups excluding carboxylic acids is 3. The summed E-state index contributed by atoms with van der Waals surface area (Å²) in [6.07, 6.45) is 0. The zero-order valence-corrected chi connectivity index (χ0v) is 17.7. The molecule has 6 nitrogen and oxygen atoms in total. The molecule has 8 heteroatoms. The lowest BCUT2D eigenvalue weighted by molar-refractivity contribution is 0.0474. The standard InChI is InChI=1S/C21H16BrNO5S/c1-27-18-8-7-13(11-16(18)22)17(24)12-28-21(26)14-4-2-5-15(10-14)23-20(25)19-6-3-9-29-19/h2-11H,12H2,1H3,(H,23,25). The van der Waals surface area contributed by atoms with Gasteiger partial charge in [-0.1, -0.05) is 12.1 Å². The van der Waals surface area contributed by atoms with E-state index in [1.54, 1.807) is 53.9 Å². The third-order valence-electron chi connectivity index (χ3n) is 3.91. The molecular formula is C21H16BrNO5S. The first-order valence-electron chi connectivity index (χ1n) is 8.46. The Morgan fingerprint density at radius 1 is 1.03 bits per heavy atom. The number of nitrogens with one attached hydrogen (secondary N) is 1. The van der Waals surface area contributed by atoms with Gasteiger partial charge in [0.25, 0.3) is 5.91 Å². The number of benzene rings is 2. The first-order valence-corrected chi connectivity index (χ1v) is 10.1. The Hall–Kier alpha value is -2.97. The minimum atomic E-state index is -0.654. The number of esters is 1. The number of ketones is 1. The fourth-order valence-electron chi connectivity index (χ4n) is 2.46. The number of anilines is 1. The highest BCUT2D eigenvalue weighted by Gasteiger charge is 2.14. The van der Waals surface area contributed by atoms with Crippen molar-refractivity contribution in [3.63, 3.8) is 0 Å². The Labute approximate surface area is 179 Å². The van der Waals surface area contributed by atoms with E-state index in [0.29, 0.717) is 26.4 Å². The molecule has 1 heterocycles. The van der Waals surface area contributed by atoms with Crippen LogP contribution in [0, 0.1) is 0 Å². The highest BCUT2D eigenvalue weighted by Crippen LogP contribution is 2.25. The summed E-state index contributed by atoms with van der Waals surface area (Å²) in [5, 5.41) is 4.53. The average Bonchev–Trinajstić information content (AvgIpc) is 3.27. The number of Topliss-reactive ketones (excluding diaryl/α,β-unsaturated/α-hetero) is 1. The van der Waals surface area contributed by atoms with Crippen LogP contribution < -0.4 is 10.1 Å². The van der Waals surface area contributed by atoms with Gasteiger partial charge in [0.1, 0.15) is 5.75 Å². The molecule has 0 unspecified atom stereocenters. The van der Waals surface area contributed by atoms with Crippen molar-refractivity contribution in [3.8, 4) is 5.75 Å². The molecule has 29 heavy (non-hydrogen) atoms. The van der Waals surface area contributed by atoms with Crippen LogP contribution in [0.25, 0.3) is 0 Å². The van der Waals surface area contributed by atoms with Gasteiger partial charge in [0.05, 0.1) is 22.0 Å². The van der Waals surface area contributed by atoms with E-state index in [1.807, 2.05) is 0 Å². The average molecular weight is 474 g/mol. The Bertz CT molecular complexity index is 1050. The van der Waals surface area contributed by atoms with E-state index in [-0.39, 0.29) is 17.3 Å². The Morgan fingerprint density at radius 3 is 2.55 bits per heavy atom. The van der Waals surface area contributed by atoms with Gasteiger partial charge in [0, 0.05) is 11.3 Å². The number of methoxy groups -OCH3 is 1. The number of hydrogen-bond acceptors (Lipinski definition) is 6. The first kappa shape index (κ1) is 20.8. The monoisotopic (exact) mass is 473 g/mol. The molecule has 0 bridgehead atoms. The molecule has 3 aromatic rings. The fourth-order valence-corrected chi connectivity index (χ4v) is 3.62. The maximum Gasteiger partial charge on any atom is 0.338 e. The van der Waals surface area contributed by atoms with Gasteiger partial charge in [0.2, 0.25) is 0 Å². The fraction of sp³-hybridized carbons (Fsp3) is 0.0952. The van der Waals surface area contributed by atoms with Gasteiger partial charge in [-0.3, -0.25) is 9.59 Å². The molecule has 0 atom stereocenters. The summed E-state index contributed by atoms with van der Waals surface area (Å²) < 4.78 is 10.9. The van der Waals surface area contributed by atoms with Gasteiger partial charge in [-0.15, -0.1) is 11.3 Å². The van der Waals surface area contributed by atoms with Gasteiger partial charge in [-0.2, -0.15) is 0 Å². The number of halogens is 1. The van der Waals surface area contributed by atoms with Crippen molar-refractivity contribution in [3.05, 3.63) is 80.5 Å². The van der Waals surface area contributed by atoms with E-state index in [2.05, 4.69) is 21.2 Å². The summed E-state index contributed by atoms with van der Waals surface area (Å²) >= 11 is 4.64. The number of carbonyl (C=O) groups is 3. The van der Waals surface area contributed by atoms with E-state index < -0.39 is 12.6 Å². The van der Waals surface area contributed by atoms with E-state index in [1.165, 1.54) is 24.5 Å². The molecule has 0 aliphatic carbocycles. The van der Waals surface area contributed by atoms with Gasteiger partial charge in [0.15, 0.2) is 12.4 Å². The van der Waals surface area contributed by atoms with Crippen LogP contribution in [0.5, 0.6) is 5.75 Å². The van der Waals surface area contributed by atoms with Crippen LogP contribution in [0.15, 0.2) is 64.5 Å². The molecule has 0 saturated heterocycles. The van der Waals surface area contributed by atoms with Crippen LogP contribution in [0.3, 0.4) is 0 Å². The van der Waals surface area contributed by atoms with E-state index in [0.717, 1.165) is 0 Å². The molecule has 1 N–H and O–H groups in total. The summed E-state index contributed by atoms with van der Waals surface area (Å²) in [4.78, 5) is 37.3. The van der Waals surface area contributed by atoms with Crippen LogP contribution in [0.4, 0.5) is 5.69 Å². The molecule has 1 aromatic heterocycles. The van der Waals surface area contributed by atoms with Crippen LogP contribution >= 0.6 is 27.3 Å². The number of amides is 1. The van der Waals surface area contributed by atoms with Gasteiger partial charge >= 0.3 is 5.97 Å². The van der Waals surface area contributed by atoms with Crippen molar-refractivity contribution in [1.29, 1.82) is 0 Å². The SMILES string of the molecule is COc1ccc(C(=O)COC(=O)c2cccc(NC(=O)c3cccs3)c2)cc1Br. The van der Waals surface area contributed by atoms with Crippen molar-refractivity contribution < 1.29 is 23.9 Å². The normalized spacial score (nSPS) is 10.3. The number of ether oxygens (including phenoxy) is 2. The van der Waals surface area contributed by atoms with E-state index in [9.17, 15) is 14.4 Å². The summed E-state index contributed by atoms with van der Waals surface area (Å²) in [7, 11) is 1.53. The predicted octanol–water partition coefficient (Wildman–Crippen LogP) is 4.81. The van der Waals surface area contributed by atoms with Crippen molar-refractivity contribution in [1.82, 2.24) is 0 Å². The second-order valence-corrected chi connectivity index (χ2v) is 7.66. The molecule has 0 aliphatic rings. The molecule has 0 radical (unpaired) electrons. The quantitative estimate of drug-likeness (QED) is 0.393. The molecule has 2 aromatic carbocycles. The smallest absolute Gasteiger partial charge is 0.338 e. The second kappa shape index (κ2) is 9.49. The maximum atomic E-state index is 12.3. The van der Waals surface area contributed by atoms with E-state index in [4.69, 9.17) is 9.47 Å². The van der Waals surface area contributed by atoms with Crippen molar-refractivity contribution in [2.45, 2.75) is 0 Å². The van der Waals surface area contributed by atoms with E-state index >= 15 is 0 Å². The van der Waals surface area contributed by atoms with Crippen LogP contribution in [-0.2, 0) is 4.74 Å². The van der Waals surface area contributed by atoms with Crippen molar-refractivity contribution in [2.75, 3.05) is 19.0 Å². The number of thiophene rings is 1. The Kier molecular flexibility index (Phi) is 6.79. The topological polar surface area (TPSA) is 81.7 Å². The molecule has 148 valence electrons. The number of rotatable bonds is 7. The van der Waals surface area contributed by atoms with Gasteiger partial charge in [-0.25, -0.2) is 4.79 Å². The summed E-state index contributed by atoms with van der Waals surface area (Å²) in [6, 6.07) is 14.7. The first-order chi connectivity index (χ1) is 14.0. The zero-order chi connectivity index (χ0) is 20.8. The largest absolute Gasteiger partial charge is 0.496 e. The third kappa shape index (κ3) is 5.30. The van der Waals surface area contributed by atoms with Crippen molar-refractivity contribution >= 4 is 50.6 Å². The zero-order valence-electron chi connectivity index (χ0n) is 15.3. The minimum Gasteiger partial charge on any atom is -0.496 e. The molecule has 0 aliphatic heterocycles. The highest BCUT2D eigenvalue weighted by molar-refractivity contribution is 9.10. The Balaban J connectivity index is 1.61. The van der Waals surface area contributed by atoms with Crippen LogP contribution in [0.2, 0.25) is 0 Å². The molecule has 3 rings (SSSR count). The van der Waals surface area contributed by atoms with Crippen molar-refractivity contribution in [2.24, 2.45) is 0 Å². The molecule has 0 fully saturated rings. The van der Waals surface area contributed by atoms with Gasteiger partial charge in [-0.05, 0) is 63.8 Å². The lowest BCUT2D eigenvalue weighted by Crippen LogP contribution is -2.15. The summed E-state index contributed by atoms with van der Waals surface area (Å²) in [5.74, 6) is -0.660. The summed E-state index contributed by atoms with van der Waals surface area (Å²) in [6.45, 7) is -0.399. The molecular weight excluding hydrogens is 458 g/mol. The van der Waals surface area contributed by atoms with Crippen LogP contribution in [0.1, 0.15) is 30.4 Å². The lowest BCUT2D eigenvalue weighted by atomic mass is 10.1. The summed E-state index contributed by atoms with van der Waals surface area (Å²) in [5.41, 5.74) is 1.09. The van der Waals surface area contributed by atoms with Crippen LogP contribution in [-0.4, -0.2) is 31.4 Å². The second-order valence-electron chi connectivity index (χ2n) is 5.86. The Morgan fingerprint density at radius 2 is 1.86 bits per heavy atom. The molecule has 0 spiro atoms. The number of hydrogen-bond donors (Lipinski definition) is 1.